The summed E-state index contributed by atoms with van der Waals surface area (Å²) in [7, 11) is -1.25. The predicted molar refractivity (Wildman–Crippen MR) is 136 cm³/mol. The van der Waals surface area contributed by atoms with Crippen molar-refractivity contribution in [2.45, 2.75) is 32.1 Å². The fourth-order valence-corrected chi connectivity index (χ4v) is 4.67. The van der Waals surface area contributed by atoms with Gasteiger partial charge in [0.2, 0.25) is 16.0 Å². The van der Waals surface area contributed by atoms with Gasteiger partial charge in [0, 0.05) is 30.4 Å². The summed E-state index contributed by atoms with van der Waals surface area (Å²) in [6, 6.07) is 6.99. The molecule has 0 fully saturated rings. The lowest BCUT2D eigenvalue weighted by molar-refractivity contribution is 0.166. The monoisotopic (exact) mass is 525 g/mol. The molecule has 37 heavy (non-hydrogen) atoms. The molecule has 12 nitrogen and oxygen atoms in total. The summed E-state index contributed by atoms with van der Waals surface area (Å²) < 4.78 is 41.8. The Morgan fingerprint density at radius 3 is 2.22 bits per heavy atom. The number of rotatable bonds is 9. The van der Waals surface area contributed by atoms with E-state index in [9.17, 15) is 13.5 Å². The van der Waals surface area contributed by atoms with E-state index in [-0.39, 0.29) is 11.8 Å². The molecule has 0 radical (unpaired) electrons. The number of aromatic nitrogens is 6. The van der Waals surface area contributed by atoms with Crippen LogP contribution in [0.25, 0.3) is 17.1 Å². The normalized spacial score (nSPS) is 13.1. The van der Waals surface area contributed by atoms with Gasteiger partial charge in [-0.1, -0.05) is 6.07 Å². The summed E-state index contributed by atoms with van der Waals surface area (Å²) in [6.07, 6.45) is 4.80. The first-order valence-corrected chi connectivity index (χ1v) is 12.8. The molecular formula is C24H27N7O5S. The predicted octanol–water partition coefficient (Wildman–Crippen LogP) is 2.62. The molecule has 0 spiro atoms. The molecule has 3 aromatic heterocycles. The number of aliphatic hydroxyl groups excluding tert-OH is 1. The van der Waals surface area contributed by atoms with Crippen molar-refractivity contribution in [2.75, 3.05) is 18.9 Å². The molecule has 0 aliphatic heterocycles. The maximum Gasteiger partial charge on any atom is 0.243 e. The van der Waals surface area contributed by atoms with Gasteiger partial charge in [0.15, 0.2) is 11.6 Å². The molecule has 0 saturated heterocycles. The number of aliphatic hydroxyl groups is 1. The van der Waals surface area contributed by atoms with E-state index in [1.54, 1.807) is 37.5 Å². The van der Waals surface area contributed by atoms with Crippen LogP contribution in [0.3, 0.4) is 0 Å². The number of nitrogens with zero attached hydrogens (tertiary/aromatic N) is 6. The van der Waals surface area contributed by atoms with Crippen LogP contribution < -0.4 is 14.2 Å². The van der Waals surface area contributed by atoms with Crippen molar-refractivity contribution in [3.8, 4) is 28.6 Å². The Labute approximate surface area is 214 Å². The average Bonchev–Trinajstić information content (AvgIpc) is 3.29. The van der Waals surface area contributed by atoms with Crippen molar-refractivity contribution in [3.63, 3.8) is 0 Å². The molecule has 2 atom stereocenters. The summed E-state index contributed by atoms with van der Waals surface area (Å²) in [4.78, 5) is 12.3. The number of nitrogens with one attached hydrogen (secondary N) is 1. The molecule has 4 rings (SSSR count). The molecule has 0 aliphatic rings. The van der Waals surface area contributed by atoms with Gasteiger partial charge in [-0.15, -0.1) is 10.2 Å². The van der Waals surface area contributed by atoms with E-state index in [1.807, 2.05) is 13.0 Å². The first kappa shape index (κ1) is 26.0. The van der Waals surface area contributed by atoms with E-state index in [2.05, 4.69) is 29.9 Å². The number of sulfonamides is 1. The van der Waals surface area contributed by atoms with Gasteiger partial charge in [-0.25, -0.2) is 18.4 Å². The van der Waals surface area contributed by atoms with Crippen molar-refractivity contribution in [1.29, 1.82) is 0 Å². The van der Waals surface area contributed by atoms with Gasteiger partial charge in [-0.05, 0) is 50.1 Å². The molecule has 0 saturated carbocycles. The van der Waals surface area contributed by atoms with Crippen molar-refractivity contribution < 1.29 is 23.0 Å². The highest BCUT2D eigenvalue weighted by molar-refractivity contribution is 7.93. The van der Waals surface area contributed by atoms with Crippen molar-refractivity contribution >= 4 is 16.0 Å². The van der Waals surface area contributed by atoms with Crippen LogP contribution in [0.1, 0.15) is 30.0 Å². The van der Waals surface area contributed by atoms with E-state index < -0.39 is 21.4 Å². The Kier molecular flexibility index (Phi) is 7.36. The summed E-state index contributed by atoms with van der Waals surface area (Å²) in [5.74, 6) is 0.933. The Hall–Kier alpha value is -4.10. The second-order valence-electron chi connectivity index (χ2n) is 8.36. The molecule has 0 unspecified atom stereocenters. The minimum Gasteiger partial charge on any atom is -0.494 e. The van der Waals surface area contributed by atoms with Crippen LogP contribution in [-0.2, 0) is 10.0 Å². The van der Waals surface area contributed by atoms with Crippen LogP contribution in [0.2, 0.25) is 0 Å². The van der Waals surface area contributed by atoms with Crippen molar-refractivity contribution in [2.24, 2.45) is 0 Å². The molecule has 4 aromatic rings. The zero-order valence-corrected chi connectivity index (χ0v) is 21.8. The maximum absolute atomic E-state index is 13.4. The number of hydrogen-bond acceptors (Lipinski definition) is 10. The molecule has 2 N–H and O–H groups in total. The number of ether oxygens (including phenoxy) is 2. The number of aryl methyl sites for hydroxylation is 2. The van der Waals surface area contributed by atoms with Gasteiger partial charge < -0.3 is 14.6 Å². The van der Waals surface area contributed by atoms with Crippen molar-refractivity contribution in [3.05, 3.63) is 66.0 Å². The summed E-state index contributed by atoms with van der Waals surface area (Å²) in [6.45, 7) is 5.02. The first-order chi connectivity index (χ1) is 17.7. The minimum atomic E-state index is -4.22. The Morgan fingerprint density at radius 2 is 1.62 bits per heavy atom. The third-order valence-corrected chi connectivity index (χ3v) is 7.36. The smallest absolute Gasteiger partial charge is 0.243 e. The number of benzene rings is 1. The molecule has 3 heterocycles. The fourth-order valence-electron chi connectivity index (χ4n) is 3.63. The van der Waals surface area contributed by atoms with E-state index in [4.69, 9.17) is 9.47 Å². The molecule has 194 valence electrons. The van der Waals surface area contributed by atoms with Gasteiger partial charge in [0.05, 0.1) is 14.2 Å². The highest BCUT2D eigenvalue weighted by Crippen LogP contribution is 2.38. The second-order valence-corrected chi connectivity index (χ2v) is 10.4. The van der Waals surface area contributed by atoms with E-state index >= 15 is 0 Å². The Morgan fingerprint density at radius 1 is 0.973 bits per heavy atom. The fraction of sp³-hybridized carbons (Fsp3) is 0.292. The van der Waals surface area contributed by atoms with Crippen LogP contribution in [0.15, 0.2) is 49.1 Å². The highest BCUT2D eigenvalue weighted by Gasteiger charge is 2.33. The topological polar surface area (TPSA) is 154 Å². The lowest BCUT2D eigenvalue weighted by Crippen LogP contribution is -2.32. The van der Waals surface area contributed by atoms with Crippen molar-refractivity contribution in [1.82, 2.24) is 29.7 Å². The Bertz CT molecular complexity index is 1480. The minimum absolute atomic E-state index is 0.0112. The third-order valence-electron chi connectivity index (χ3n) is 5.65. The number of pyridine rings is 1. The average molecular weight is 526 g/mol. The van der Waals surface area contributed by atoms with E-state index in [0.29, 0.717) is 28.6 Å². The van der Waals surface area contributed by atoms with E-state index in [1.165, 1.54) is 38.1 Å². The molecule has 0 aliphatic carbocycles. The summed E-state index contributed by atoms with van der Waals surface area (Å²) in [5.41, 5.74) is 2.62. The summed E-state index contributed by atoms with van der Waals surface area (Å²) >= 11 is 0. The van der Waals surface area contributed by atoms with Crippen LogP contribution in [0.4, 0.5) is 5.95 Å². The molecule has 13 heteroatoms. The standard InChI is InChI=1S/C24H27N7O5S/c1-14-9-17(13-25-10-14)23-28-29-24(31(23)20-18(35-4)7-6-8-19(20)36-5)30-37(33,34)16(3)21(32)22-26-11-15(2)12-27-22/h6-13,16,21,32H,1-5H3,(H,29,30)/t16-,21+/m1/s1. The molecule has 1 aromatic carbocycles. The van der Waals surface area contributed by atoms with Gasteiger partial charge in [0.1, 0.15) is 28.5 Å². The first-order valence-electron chi connectivity index (χ1n) is 11.2. The number of anilines is 1. The van der Waals surface area contributed by atoms with Crippen LogP contribution >= 0.6 is 0 Å². The van der Waals surface area contributed by atoms with Crippen LogP contribution in [0.5, 0.6) is 11.5 Å². The third kappa shape index (κ3) is 5.22. The lowest BCUT2D eigenvalue weighted by Gasteiger charge is -2.21. The van der Waals surface area contributed by atoms with Gasteiger partial charge >= 0.3 is 0 Å². The number of para-hydroxylation sites is 1. The van der Waals surface area contributed by atoms with Gasteiger partial charge in [-0.3, -0.25) is 14.3 Å². The zero-order valence-electron chi connectivity index (χ0n) is 20.9. The van der Waals surface area contributed by atoms with Gasteiger partial charge in [-0.2, -0.15) is 0 Å². The quantitative estimate of drug-likeness (QED) is 0.333. The zero-order chi connectivity index (χ0) is 26.7. The van der Waals surface area contributed by atoms with Gasteiger partial charge in [0.25, 0.3) is 0 Å². The second kappa shape index (κ2) is 10.5. The molecule has 0 amide bonds. The summed E-state index contributed by atoms with van der Waals surface area (Å²) in [5, 5.41) is 17.8. The van der Waals surface area contributed by atoms with E-state index in [0.717, 1.165) is 11.1 Å². The highest BCUT2D eigenvalue weighted by atomic mass is 32.2. The maximum atomic E-state index is 13.4. The largest absolute Gasteiger partial charge is 0.494 e. The molecule has 0 bridgehead atoms. The Balaban J connectivity index is 1.83. The lowest BCUT2D eigenvalue weighted by atomic mass is 10.2. The SMILES string of the molecule is COc1cccc(OC)c1-n1c(NS(=O)(=O)[C@H](C)[C@H](O)c2ncc(C)cn2)nnc1-c1cncc(C)c1. The number of hydrogen-bond donors (Lipinski definition) is 2. The number of methoxy groups -OCH3 is 2. The van der Waals surface area contributed by atoms with Crippen LogP contribution in [-0.4, -0.2) is 62.7 Å². The molecular weight excluding hydrogens is 498 g/mol. The van der Waals surface area contributed by atoms with Crippen LogP contribution in [0, 0.1) is 13.8 Å².